The fourth-order valence-electron chi connectivity index (χ4n) is 8.53. The molecule has 0 spiro atoms. The number of ether oxygens (including phenoxy) is 2. The van der Waals surface area contributed by atoms with E-state index < -0.39 is 30.4 Å². The van der Waals surface area contributed by atoms with Crippen LogP contribution in [-0.4, -0.2) is 93.4 Å². The predicted molar refractivity (Wildman–Crippen MR) is 159 cm³/mol. The first-order valence-electron chi connectivity index (χ1n) is 15.8. The highest BCUT2D eigenvalue weighted by Crippen LogP contribution is 2.45. The minimum absolute atomic E-state index is 0.0274. The van der Waals surface area contributed by atoms with Crippen LogP contribution in [0.25, 0.3) is 22.2 Å². The van der Waals surface area contributed by atoms with Crippen LogP contribution in [0.1, 0.15) is 50.3 Å². The number of aryl methyl sites for hydroxylation is 1. The molecular weight excluding hydrogens is 592 g/mol. The molecule has 0 saturated carbocycles. The van der Waals surface area contributed by atoms with Gasteiger partial charge in [-0.25, -0.2) is 27.5 Å². The third-order valence-corrected chi connectivity index (χ3v) is 10.4. The molecule has 0 aliphatic carbocycles. The third-order valence-electron chi connectivity index (χ3n) is 10.4. The van der Waals surface area contributed by atoms with Crippen molar-refractivity contribution in [3.8, 4) is 23.1 Å². The maximum absolute atomic E-state index is 16.9. The summed E-state index contributed by atoms with van der Waals surface area (Å²) in [4.78, 5) is 22.5. The SMILES string of the molecule is Cc1nc(N)cc(-c2nc3c4c(nc(OC[C@@]56CCCN5C[C@H](F)C6)nc4c2F)N2C[C@H]4CC[C@H](N4)[C@H]2[C@H](C)O3)c1CC(F)F. The smallest absolute Gasteiger partial charge is 0.319 e. The first-order valence-corrected chi connectivity index (χ1v) is 15.8. The summed E-state index contributed by atoms with van der Waals surface area (Å²) >= 11 is 0. The van der Waals surface area contributed by atoms with Crippen molar-refractivity contribution in [1.29, 1.82) is 0 Å². The van der Waals surface area contributed by atoms with Crippen molar-refractivity contribution in [3.63, 3.8) is 0 Å². The Morgan fingerprint density at radius 1 is 1.20 bits per heavy atom. The number of halogens is 4. The molecule has 0 unspecified atom stereocenters. The zero-order valence-corrected chi connectivity index (χ0v) is 25.2. The van der Waals surface area contributed by atoms with Gasteiger partial charge in [0.15, 0.2) is 5.82 Å². The molecule has 5 aliphatic heterocycles. The molecule has 3 aromatic heterocycles. The molecule has 45 heavy (non-hydrogen) atoms. The van der Waals surface area contributed by atoms with Crippen LogP contribution in [0.3, 0.4) is 0 Å². The fourth-order valence-corrected chi connectivity index (χ4v) is 8.53. The largest absolute Gasteiger partial charge is 0.472 e. The van der Waals surface area contributed by atoms with Crippen LogP contribution in [0.2, 0.25) is 0 Å². The van der Waals surface area contributed by atoms with Gasteiger partial charge in [-0.3, -0.25) is 4.90 Å². The van der Waals surface area contributed by atoms with Gasteiger partial charge >= 0.3 is 6.01 Å². The van der Waals surface area contributed by atoms with E-state index in [9.17, 15) is 13.2 Å². The zero-order chi connectivity index (χ0) is 31.2. The Morgan fingerprint density at radius 3 is 2.87 bits per heavy atom. The van der Waals surface area contributed by atoms with E-state index in [1.807, 2.05) is 6.92 Å². The molecule has 3 aromatic rings. The Hall–Kier alpha value is -3.52. The van der Waals surface area contributed by atoms with Crippen LogP contribution in [-0.2, 0) is 6.42 Å². The lowest BCUT2D eigenvalue weighted by Crippen LogP contribution is -2.62. The maximum atomic E-state index is 16.9. The van der Waals surface area contributed by atoms with Crippen molar-refractivity contribution in [2.24, 2.45) is 0 Å². The molecule has 6 atom stereocenters. The number of alkyl halides is 3. The monoisotopic (exact) mass is 628 g/mol. The Labute approximate surface area is 257 Å². The second-order valence-electron chi connectivity index (χ2n) is 13.3. The van der Waals surface area contributed by atoms with Crippen LogP contribution in [0, 0.1) is 12.7 Å². The summed E-state index contributed by atoms with van der Waals surface area (Å²) in [6, 6.07) is 1.56. The van der Waals surface area contributed by atoms with Crippen molar-refractivity contribution < 1.29 is 27.0 Å². The molecule has 0 radical (unpaired) electrons. The molecule has 10 nitrogen and oxygen atoms in total. The number of aromatic nitrogens is 4. The summed E-state index contributed by atoms with van der Waals surface area (Å²) in [5, 5.41) is 3.98. The number of fused-ring (bicyclic) bond motifs is 6. The molecule has 8 heterocycles. The van der Waals surface area contributed by atoms with Crippen molar-refractivity contribution in [3.05, 3.63) is 23.1 Å². The summed E-state index contributed by atoms with van der Waals surface area (Å²) in [6.07, 6.45) is -0.588. The highest BCUT2D eigenvalue weighted by molar-refractivity contribution is 5.97. The molecule has 0 aromatic carbocycles. The molecule has 4 fully saturated rings. The highest BCUT2D eigenvalue weighted by atomic mass is 19.3. The van der Waals surface area contributed by atoms with Gasteiger partial charge in [0.1, 0.15) is 47.1 Å². The third kappa shape index (κ3) is 4.65. The van der Waals surface area contributed by atoms with E-state index in [0.717, 1.165) is 32.2 Å². The number of nitrogens with zero attached hydrogens (tertiary/aromatic N) is 6. The summed E-state index contributed by atoms with van der Waals surface area (Å²) in [7, 11) is 0. The molecule has 3 N–H and O–H groups in total. The van der Waals surface area contributed by atoms with E-state index >= 15 is 4.39 Å². The molecular formula is C31H36F4N8O2. The van der Waals surface area contributed by atoms with Crippen LogP contribution >= 0.6 is 0 Å². The molecule has 0 amide bonds. The Kier molecular flexibility index (Phi) is 6.75. The second-order valence-corrected chi connectivity index (χ2v) is 13.3. The van der Waals surface area contributed by atoms with Gasteiger partial charge in [-0.05, 0) is 57.7 Å². The van der Waals surface area contributed by atoms with Crippen LogP contribution in [0.15, 0.2) is 6.07 Å². The predicted octanol–water partition coefficient (Wildman–Crippen LogP) is 3.97. The molecule has 14 heteroatoms. The number of hydrogen-bond acceptors (Lipinski definition) is 10. The number of anilines is 2. The van der Waals surface area contributed by atoms with Gasteiger partial charge in [-0.15, -0.1) is 0 Å². The number of nitrogens with two attached hydrogens (primary N) is 1. The van der Waals surface area contributed by atoms with Crippen LogP contribution < -0.4 is 25.4 Å². The van der Waals surface area contributed by atoms with E-state index in [-0.39, 0.29) is 76.6 Å². The molecule has 240 valence electrons. The lowest BCUT2D eigenvalue weighted by Gasteiger charge is -2.42. The summed E-state index contributed by atoms with van der Waals surface area (Å²) in [5.74, 6) is -0.185. The number of nitrogen functional groups attached to an aromatic ring is 1. The first-order chi connectivity index (χ1) is 21.6. The van der Waals surface area contributed by atoms with Gasteiger partial charge in [-0.1, -0.05) is 0 Å². The van der Waals surface area contributed by atoms with E-state index in [4.69, 9.17) is 20.2 Å². The summed E-state index contributed by atoms with van der Waals surface area (Å²) in [5.41, 5.74) is 5.81. The Morgan fingerprint density at radius 2 is 2.04 bits per heavy atom. The normalized spacial score (nSPS) is 30.5. The number of rotatable bonds is 6. The van der Waals surface area contributed by atoms with Gasteiger partial charge < -0.3 is 25.4 Å². The fraction of sp³-hybridized carbons (Fsp3) is 0.613. The number of nitrogens with one attached hydrogen (secondary N) is 1. The van der Waals surface area contributed by atoms with E-state index in [0.29, 0.717) is 30.7 Å². The standard InChI is InChI=1S/C31H36F4N8O2/c1-14-18(8-21(33)34)19(9-22(36)37-14)25-24(35)26-23-28(41-30(40-26)44-13-31-6-3-7-42(31)11-16(32)10-31)43-12-17-4-5-20(38-17)27(43)15(2)45-29(23)39-25/h9,15-17,20-21,27,38H,3-8,10-13H2,1-2H3,(H2,36,37)/t15-,16+,17+,20-,27+,31-/m0/s1. The highest BCUT2D eigenvalue weighted by Gasteiger charge is 2.50. The molecule has 2 bridgehead atoms. The van der Waals surface area contributed by atoms with Crippen molar-refractivity contribution >= 4 is 22.5 Å². The van der Waals surface area contributed by atoms with Crippen LogP contribution in [0.5, 0.6) is 11.9 Å². The number of pyridine rings is 2. The van der Waals surface area contributed by atoms with Gasteiger partial charge in [0.2, 0.25) is 12.3 Å². The van der Waals surface area contributed by atoms with Gasteiger partial charge in [-0.2, -0.15) is 9.97 Å². The lowest BCUT2D eigenvalue weighted by atomic mass is 9.95. The average Bonchev–Trinajstić information content (AvgIpc) is 3.62. The van der Waals surface area contributed by atoms with Gasteiger partial charge in [0, 0.05) is 49.3 Å². The number of piperazine rings is 1. The molecule has 8 rings (SSSR count). The first kappa shape index (κ1) is 28.9. The van der Waals surface area contributed by atoms with E-state index in [1.165, 1.54) is 6.07 Å². The summed E-state index contributed by atoms with van der Waals surface area (Å²) in [6.45, 7) is 5.48. The van der Waals surface area contributed by atoms with Crippen molar-refractivity contribution in [2.45, 2.75) is 94.7 Å². The minimum Gasteiger partial charge on any atom is -0.472 e. The zero-order valence-electron chi connectivity index (χ0n) is 25.2. The van der Waals surface area contributed by atoms with Crippen molar-refractivity contribution in [2.75, 3.05) is 36.9 Å². The lowest BCUT2D eigenvalue weighted by molar-refractivity contribution is 0.107. The number of hydrogen-bond donors (Lipinski definition) is 2. The maximum Gasteiger partial charge on any atom is 0.319 e. The topological polar surface area (TPSA) is 115 Å². The van der Waals surface area contributed by atoms with Crippen molar-refractivity contribution in [1.82, 2.24) is 30.2 Å². The average molecular weight is 629 g/mol. The molecule has 5 aliphatic rings. The summed E-state index contributed by atoms with van der Waals surface area (Å²) < 4.78 is 71.5. The van der Waals surface area contributed by atoms with Gasteiger partial charge in [0.25, 0.3) is 0 Å². The minimum atomic E-state index is -2.70. The quantitative estimate of drug-likeness (QED) is 0.389. The molecule has 4 saturated heterocycles. The Bertz CT molecular complexity index is 1680. The Balaban J connectivity index is 1.31. The van der Waals surface area contributed by atoms with E-state index in [1.54, 1.807) is 6.92 Å². The van der Waals surface area contributed by atoms with Crippen LogP contribution in [0.4, 0.5) is 29.2 Å². The van der Waals surface area contributed by atoms with Gasteiger partial charge in [0.05, 0.1) is 11.6 Å². The van der Waals surface area contributed by atoms with E-state index in [2.05, 4.69) is 30.1 Å². The second kappa shape index (κ2) is 10.5.